The molecule has 1 heterocycles. The molecule has 0 spiro atoms. The fourth-order valence-corrected chi connectivity index (χ4v) is 3.22. The van der Waals surface area contributed by atoms with E-state index in [2.05, 4.69) is 24.0 Å². The van der Waals surface area contributed by atoms with Gasteiger partial charge in [0.25, 0.3) is 0 Å². The first-order chi connectivity index (χ1) is 7.43. The summed E-state index contributed by atoms with van der Waals surface area (Å²) in [5.74, 6) is 1.32. The van der Waals surface area contributed by atoms with Gasteiger partial charge in [0.05, 0.1) is 5.37 Å². The van der Waals surface area contributed by atoms with Crippen LogP contribution in [0.2, 0.25) is 0 Å². The van der Waals surface area contributed by atoms with Crippen molar-refractivity contribution in [2.45, 2.75) is 70.1 Å². The Morgan fingerprint density at radius 1 is 1.00 bits per heavy atom. The largest absolute Gasteiger partial charge is 0.305 e. The van der Waals surface area contributed by atoms with Crippen LogP contribution in [0.5, 0.6) is 0 Å². The third-order valence-corrected chi connectivity index (χ3v) is 4.36. The highest BCUT2D eigenvalue weighted by Gasteiger charge is 2.12. The first-order valence-corrected chi connectivity index (χ1v) is 7.83. The molecule has 1 N–H and O–H groups in total. The first kappa shape index (κ1) is 13.4. The van der Waals surface area contributed by atoms with Crippen LogP contribution in [0, 0.1) is 0 Å². The predicted molar refractivity (Wildman–Crippen MR) is 71.5 cm³/mol. The predicted octanol–water partition coefficient (Wildman–Crippen LogP) is 4.18. The third kappa shape index (κ3) is 7.24. The Morgan fingerprint density at radius 2 is 1.67 bits per heavy atom. The summed E-state index contributed by atoms with van der Waals surface area (Å²) in [4.78, 5) is 0. The average Bonchev–Trinajstić information content (AvgIpc) is 2.75. The highest BCUT2D eigenvalue weighted by molar-refractivity contribution is 8.00. The minimum Gasteiger partial charge on any atom is -0.305 e. The highest BCUT2D eigenvalue weighted by atomic mass is 32.2. The number of nitrogens with one attached hydrogen (secondary N) is 1. The van der Waals surface area contributed by atoms with Gasteiger partial charge >= 0.3 is 0 Å². The molecule has 90 valence electrons. The molecule has 1 saturated heterocycles. The van der Waals surface area contributed by atoms with Crippen LogP contribution in [0.15, 0.2) is 0 Å². The van der Waals surface area contributed by atoms with Crippen LogP contribution in [0.1, 0.15) is 64.7 Å². The third-order valence-electron chi connectivity index (χ3n) is 3.11. The van der Waals surface area contributed by atoms with Gasteiger partial charge in [0.2, 0.25) is 0 Å². The Morgan fingerprint density at radius 3 is 2.27 bits per heavy atom. The Bertz CT molecular complexity index is 132. The summed E-state index contributed by atoms with van der Waals surface area (Å²) in [7, 11) is 0. The quantitative estimate of drug-likeness (QED) is 0.595. The van der Waals surface area contributed by atoms with E-state index in [-0.39, 0.29) is 0 Å². The van der Waals surface area contributed by atoms with Crippen LogP contribution in [0.4, 0.5) is 0 Å². The molecule has 2 heteroatoms. The first-order valence-electron chi connectivity index (χ1n) is 6.78. The van der Waals surface area contributed by atoms with Gasteiger partial charge in [-0.3, -0.25) is 0 Å². The Labute approximate surface area is 99.8 Å². The zero-order valence-corrected chi connectivity index (χ0v) is 11.1. The molecule has 0 aliphatic carbocycles. The zero-order valence-electron chi connectivity index (χ0n) is 10.3. The second kappa shape index (κ2) is 9.53. The van der Waals surface area contributed by atoms with Crippen LogP contribution in [0.3, 0.4) is 0 Å². The van der Waals surface area contributed by atoms with E-state index in [1.165, 1.54) is 70.1 Å². The number of rotatable bonds is 9. The van der Waals surface area contributed by atoms with Crippen molar-refractivity contribution in [3.8, 4) is 0 Å². The average molecular weight is 229 g/mol. The van der Waals surface area contributed by atoms with E-state index in [0.29, 0.717) is 0 Å². The molecule has 0 aromatic rings. The summed E-state index contributed by atoms with van der Waals surface area (Å²) in [5, 5.41) is 4.32. The number of unbranched alkanes of at least 4 members (excludes halogenated alkanes) is 7. The molecule has 0 saturated carbocycles. The van der Waals surface area contributed by atoms with Crippen molar-refractivity contribution in [3.63, 3.8) is 0 Å². The Balaban J connectivity index is 1.73. The molecular weight excluding hydrogens is 202 g/mol. The van der Waals surface area contributed by atoms with Crippen LogP contribution in [0.25, 0.3) is 0 Å². The van der Waals surface area contributed by atoms with Crippen molar-refractivity contribution in [1.82, 2.24) is 5.32 Å². The molecule has 1 aliphatic heterocycles. The lowest BCUT2D eigenvalue weighted by atomic mass is 10.1. The summed E-state index contributed by atoms with van der Waals surface area (Å²) in [5.41, 5.74) is 0. The fourth-order valence-electron chi connectivity index (χ4n) is 2.13. The monoisotopic (exact) mass is 229 g/mol. The number of thioether (sulfide) groups is 1. The lowest BCUT2D eigenvalue weighted by Gasteiger charge is -2.08. The van der Waals surface area contributed by atoms with E-state index in [1.54, 1.807) is 0 Å². The highest BCUT2D eigenvalue weighted by Crippen LogP contribution is 2.20. The van der Waals surface area contributed by atoms with Gasteiger partial charge in [-0.05, 0) is 6.42 Å². The smallest absolute Gasteiger partial charge is 0.0532 e. The van der Waals surface area contributed by atoms with Crippen molar-refractivity contribution < 1.29 is 0 Å². The van der Waals surface area contributed by atoms with Gasteiger partial charge in [-0.2, -0.15) is 0 Å². The summed E-state index contributed by atoms with van der Waals surface area (Å²) in [6.07, 6.45) is 12.9. The maximum absolute atomic E-state index is 3.54. The normalized spacial score (nSPS) is 21.0. The molecule has 0 aromatic heterocycles. The summed E-state index contributed by atoms with van der Waals surface area (Å²) in [6.45, 7) is 3.51. The van der Waals surface area contributed by atoms with Gasteiger partial charge in [0.1, 0.15) is 0 Å². The van der Waals surface area contributed by atoms with Gasteiger partial charge in [0.15, 0.2) is 0 Å². The van der Waals surface area contributed by atoms with Gasteiger partial charge < -0.3 is 5.32 Å². The summed E-state index contributed by atoms with van der Waals surface area (Å²) in [6, 6.07) is 0. The molecule has 1 aliphatic rings. The van der Waals surface area contributed by atoms with Crippen LogP contribution in [-0.2, 0) is 0 Å². The minimum atomic E-state index is 0.782. The van der Waals surface area contributed by atoms with E-state index in [9.17, 15) is 0 Å². The molecule has 0 aromatic carbocycles. The maximum Gasteiger partial charge on any atom is 0.0532 e. The Hall–Kier alpha value is 0.310. The van der Waals surface area contributed by atoms with Gasteiger partial charge in [-0.15, -0.1) is 11.8 Å². The molecule has 1 unspecified atom stereocenters. The molecule has 1 atom stereocenters. The van der Waals surface area contributed by atoms with Crippen molar-refractivity contribution in [1.29, 1.82) is 0 Å². The van der Waals surface area contributed by atoms with Crippen molar-refractivity contribution >= 4 is 11.8 Å². The summed E-state index contributed by atoms with van der Waals surface area (Å²) < 4.78 is 0. The van der Waals surface area contributed by atoms with E-state index in [4.69, 9.17) is 0 Å². The molecule has 0 radical (unpaired) electrons. The fraction of sp³-hybridized carbons (Fsp3) is 1.00. The van der Waals surface area contributed by atoms with Crippen LogP contribution < -0.4 is 5.32 Å². The number of hydrogen-bond donors (Lipinski definition) is 1. The molecule has 1 nitrogen and oxygen atoms in total. The molecule has 0 amide bonds. The molecule has 1 fully saturated rings. The van der Waals surface area contributed by atoms with Crippen LogP contribution >= 0.6 is 11.8 Å². The van der Waals surface area contributed by atoms with Gasteiger partial charge in [-0.1, -0.05) is 58.3 Å². The van der Waals surface area contributed by atoms with Gasteiger partial charge in [0, 0.05) is 12.3 Å². The molecule has 1 rings (SSSR count). The standard InChI is InChI=1S/C13H27NS/c1-2-3-4-5-6-7-8-9-10-13-14-11-12-15-13/h13-14H,2-12H2,1H3. The zero-order chi connectivity index (χ0) is 10.8. The van der Waals surface area contributed by atoms with Crippen molar-refractivity contribution in [2.75, 3.05) is 12.3 Å². The second-order valence-electron chi connectivity index (χ2n) is 4.58. The van der Waals surface area contributed by atoms with Crippen LogP contribution in [-0.4, -0.2) is 17.7 Å². The van der Waals surface area contributed by atoms with Crippen molar-refractivity contribution in [3.05, 3.63) is 0 Å². The van der Waals surface area contributed by atoms with E-state index >= 15 is 0 Å². The molecule has 15 heavy (non-hydrogen) atoms. The second-order valence-corrected chi connectivity index (χ2v) is 5.89. The lowest BCUT2D eigenvalue weighted by Crippen LogP contribution is -2.19. The SMILES string of the molecule is CCCCCCCCCCC1NCCS1. The number of hydrogen-bond acceptors (Lipinski definition) is 2. The van der Waals surface area contributed by atoms with E-state index in [0.717, 1.165) is 5.37 Å². The molecule has 0 bridgehead atoms. The lowest BCUT2D eigenvalue weighted by molar-refractivity contribution is 0.546. The topological polar surface area (TPSA) is 12.0 Å². The Kier molecular flexibility index (Phi) is 8.50. The molecular formula is C13H27NS. The van der Waals surface area contributed by atoms with E-state index < -0.39 is 0 Å². The summed E-state index contributed by atoms with van der Waals surface area (Å²) >= 11 is 2.11. The van der Waals surface area contributed by atoms with Gasteiger partial charge in [-0.25, -0.2) is 0 Å². The van der Waals surface area contributed by atoms with Crippen molar-refractivity contribution in [2.24, 2.45) is 0 Å². The maximum atomic E-state index is 3.54. The minimum absolute atomic E-state index is 0.782. The van der Waals surface area contributed by atoms with E-state index in [1.807, 2.05) is 0 Å².